The number of hydrogen-bond donors (Lipinski definition) is 0. The molecule has 54 heavy (non-hydrogen) atoms. The minimum Gasteiger partial charge on any atom is -0.331 e. The van der Waals surface area contributed by atoms with E-state index in [9.17, 15) is 0 Å². The van der Waals surface area contributed by atoms with Crippen molar-refractivity contribution in [1.82, 2.24) is 4.57 Å². The molecular formula is C52H46N2. The molecule has 0 spiro atoms. The Bertz CT molecular complexity index is 2640. The van der Waals surface area contributed by atoms with Crippen LogP contribution in [0.5, 0.6) is 0 Å². The van der Waals surface area contributed by atoms with Crippen LogP contribution in [0.3, 0.4) is 0 Å². The first-order valence-electron chi connectivity index (χ1n) is 19.6. The van der Waals surface area contributed by atoms with E-state index in [2.05, 4.69) is 200 Å². The largest absolute Gasteiger partial charge is 0.331 e. The molecule has 0 aliphatic heterocycles. The average molecular weight is 699 g/mol. The molecule has 1 fully saturated rings. The van der Waals surface area contributed by atoms with Gasteiger partial charge >= 0.3 is 0 Å². The van der Waals surface area contributed by atoms with Crippen molar-refractivity contribution in [3.05, 3.63) is 204 Å². The fraction of sp³-hybridized carbons (Fsp3) is 0.192. The molecule has 0 N–H and O–H groups in total. The van der Waals surface area contributed by atoms with Crippen LogP contribution in [0.15, 0.2) is 187 Å². The van der Waals surface area contributed by atoms with Gasteiger partial charge < -0.3 is 9.47 Å². The Balaban J connectivity index is 1.14. The van der Waals surface area contributed by atoms with Crippen LogP contribution in [0.4, 0.5) is 5.69 Å². The predicted octanol–water partition coefficient (Wildman–Crippen LogP) is 13.1. The van der Waals surface area contributed by atoms with Crippen LogP contribution in [-0.2, 0) is 11.8 Å². The van der Waals surface area contributed by atoms with Gasteiger partial charge in [0.15, 0.2) is 0 Å². The molecule has 0 radical (unpaired) electrons. The lowest BCUT2D eigenvalue weighted by Crippen LogP contribution is -2.37. The van der Waals surface area contributed by atoms with Crippen LogP contribution in [0.1, 0.15) is 56.9 Å². The van der Waals surface area contributed by atoms with Gasteiger partial charge in [-0.15, -0.1) is 0 Å². The van der Waals surface area contributed by atoms with Crippen molar-refractivity contribution in [2.24, 2.45) is 5.92 Å². The maximum absolute atomic E-state index is 2.59. The monoisotopic (exact) mass is 698 g/mol. The molecule has 5 aliphatic rings. The quantitative estimate of drug-likeness (QED) is 0.164. The fourth-order valence-electron chi connectivity index (χ4n) is 9.69. The highest BCUT2D eigenvalue weighted by molar-refractivity contribution is 6.16. The maximum Gasteiger partial charge on any atom is 0.0706 e. The lowest BCUT2D eigenvalue weighted by molar-refractivity contribution is 0.645. The molecule has 10 rings (SSSR count). The van der Waals surface area contributed by atoms with E-state index in [0.717, 1.165) is 25.7 Å². The average Bonchev–Trinajstić information content (AvgIpc) is 3.93. The van der Waals surface area contributed by atoms with E-state index < -0.39 is 0 Å². The molecular weight excluding hydrogens is 653 g/mol. The summed E-state index contributed by atoms with van der Waals surface area (Å²) >= 11 is 0. The third kappa shape index (κ3) is 5.22. The third-order valence-electron chi connectivity index (χ3n) is 12.4. The van der Waals surface area contributed by atoms with Gasteiger partial charge in [0.1, 0.15) is 0 Å². The number of fused-ring (bicyclic) bond motifs is 5. The molecule has 5 aliphatic carbocycles. The smallest absolute Gasteiger partial charge is 0.0706 e. The summed E-state index contributed by atoms with van der Waals surface area (Å²) in [5.41, 5.74) is 14.4. The standard InChI is InChI=1S/C52H46N2/c1-36-16-8-9-17-37(32-36)18-14-23-43-34-45-48(33-38-19-15-26-47-49(38)50(45)44-24-10-11-25-46(44)51(47,2)3)53(43)40-27-29-42(30-28-40)54(41-21-6-4-5-7-22-41)52-31-13-12-20-39(52)35-52/h4-6,8-22,24-31,33-34,39H,7,23,32,35H2,1-3H3/b18-14-. The number of allylic oxidation sites excluding steroid dienone is 15. The summed E-state index contributed by atoms with van der Waals surface area (Å²) in [7, 11) is 0. The zero-order chi connectivity index (χ0) is 36.4. The van der Waals surface area contributed by atoms with E-state index in [1.807, 2.05) is 0 Å². The van der Waals surface area contributed by atoms with Crippen LogP contribution in [-0.4, -0.2) is 10.1 Å². The highest BCUT2D eigenvalue weighted by Gasteiger charge is 2.56. The van der Waals surface area contributed by atoms with Crippen LogP contribution in [0.25, 0.3) is 38.5 Å². The van der Waals surface area contributed by atoms with Gasteiger partial charge in [0.2, 0.25) is 0 Å². The number of nitrogens with zero attached hydrogens (tertiary/aromatic N) is 2. The number of hydrogen-bond acceptors (Lipinski definition) is 1. The highest BCUT2D eigenvalue weighted by atomic mass is 15.3. The summed E-state index contributed by atoms with van der Waals surface area (Å²) in [5.74, 6) is 0.529. The summed E-state index contributed by atoms with van der Waals surface area (Å²) in [4.78, 5) is 2.59. The Hall–Kier alpha value is -5.86. The molecule has 1 aromatic heterocycles. The number of benzene rings is 4. The van der Waals surface area contributed by atoms with E-state index in [1.165, 1.54) is 77.8 Å². The third-order valence-corrected chi connectivity index (χ3v) is 12.4. The van der Waals surface area contributed by atoms with Crippen LogP contribution in [0.2, 0.25) is 0 Å². The van der Waals surface area contributed by atoms with Crippen LogP contribution < -0.4 is 4.90 Å². The zero-order valence-corrected chi connectivity index (χ0v) is 31.5. The molecule has 2 unspecified atom stereocenters. The first-order valence-corrected chi connectivity index (χ1v) is 19.6. The van der Waals surface area contributed by atoms with Gasteiger partial charge in [0, 0.05) is 45.9 Å². The Kier molecular flexibility index (Phi) is 7.66. The second-order valence-electron chi connectivity index (χ2n) is 16.2. The van der Waals surface area contributed by atoms with E-state index in [4.69, 9.17) is 0 Å². The summed E-state index contributed by atoms with van der Waals surface area (Å²) < 4.78 is 2.53. The lowest BCUT2D eigenvalue weighted by atomic mass is 9.68. The lowest BCUT2D eigenvalue weighted by Gasteiger charge is -2.35. The van der Waals surface area contributed by atoms with Crippen molar-refractivity contribution in [2.75, 3.05) is 4.90 Å². The van der Waals surface area contributed by atoms with E-state index >= 15 is 0 Å². The highest BCUT2D eigenvalue weighted by Crippen LogP contribution is 2.56. The topological polar surface area (TPSA) is 8.17 Å². The zero-order valence-electron chi connectivity index (χ0n) is 31.5. The maximum atomic E-state index is 2.59. The molecule has 0 bridgehead atoms. The summed E-state index contributed by atoms with van der Waals surface area (Å²) in [6, 6.07) is 30.3. The molecule has 0 amide bonds. The number of anilines is 1. The first kappa shape index (κ1) is 32.8. The van der Waals surface area contributed by atoms with Crippen molar-refractivity contribution in [1.29, 1.82) is 0 Å². The van der Waals surface area contributed by atoms with Crippen molar-refractivity contribution >= 4 is 27.4 Å². The van der Waals surface area contributed by atoms with E-state index in [-0.39, 0.29) is 11.0 Å². The van der Waals surface area contributed by atoms with E-state index in [0.29, 0.717) is 5.92 Å². The number of rotatable bonds is 7. The molecule has 1 heterocycles. The SMILES string of the molecule is CC1=CC=CC=C(/C=C\Cc2cc3c4c5c(cccc5cc3n2-c2ccc(N(C3=CCC=CC=C3)C35C=CC=CC3C5)cc2)C(C)(C)c2ccccc2-4)C1. The van der Waals surface area contributed by atoms with Crippen LogP contribution in [0, 0.1) is 5.92 Å². The molecule has 4 aromatic carbocycles. The molecule has 5 aromatic rings. The van der Waals surface area contributed by atoms with Crippen molar-refractivity contribution in [3.8, 4) is 16.8 Å². The van der Waals surface area contributed by atoms with Gasteiger partial charge in [0.05, 0.1) is 11.1 Å². The molecule has 0 saturated heterocycles. The molecule has 2 heteroatoms. The predicted molar refractivity (Wildman–Crippen MR) is 229 cm³/mol. The van der Waals surface area contributed by atoms with Gasteiger partial charge in [-0.3, -0.25) is 0 Å². The Morgan fingerprint density at radius 2 is 1.70 bits per heavy atom. The number of aromatic nitrogens is 1. The second kappa shape index (κ2) is 12.6. The van der Waals surface area contributed by atoms with Gasteiger partial charge in [-0.2, -0.15) is 0 Å². The minimum atomic E-state index is -0.0818. The Morgan fingerprint density at radius 1 is 0.852 bits per heavy atom. The van der Waals surface area contributed by atoms with Crippen molar-refractivity contribution < 1.29 is 0 Å². The van der Waals surface area contributed by atoms with Crippen molar-refractivity contribution in [3.63, 3.8) is 0 Å². The minimum absolute atomic E-state index is 0.0112. The molecule has 1 saturated carbocycles. The Morgan fingerprint density at radius 3 is 2.59 bits per heavy atom. The van der Waals surface area contributed by atoms with Gasteiger partial charge in [-0.05, 0) is 107 Å². The molecule has 2 atom stereocenters. The van der Waals surface area contributed by atoms with Crippen molar-refractivity contribution in [2.45, 2.75) is 57.4 Å². The summed E-state index contributed by atoms with van der Waals surface area (Å²) in [6.07, 6.45) is 37.8. The van der Waals surface area contributed by atoms with Gasteiger partial charge in [0.25, 0.3) is 0 Å². The van der Waals surface area contributed by atoms with Gasteiger partial charge in [-0.1, -0.05) is 147 Å². The Labute approximate surface area is 319 Å². The summed E-state index contributed by atoms with van der Waals surface area (Å²) in [6.45, 7) is 6.98. The second-order valence-corrected chi connectivity index (χ2v) is 16.2. The normalized spacial score (nSPS) is 21.8. The van der Waals surface area contributed by atoms with E-state index in [1.54, 1.807) is 0 Å². The van der Waals surface area contributed by atoms with Gasteiger partial charge in [-0.25, -0.2) is 0 Å². The first-order chi connectivity index (χ1) is 26.4. The fourth-order valence-corrected chi connectivity index (χ4v) is 9.69. The molecule has 264 valence electrons. The van der Waals surface area contributed by atoms with Crippen LogP contribution >= 0.6 is 0 Å². The molecule has 2 nitrogen and oxygen atoms in total. The summed E-state index contributed by atoms with van der Waals surface area (Å²) in [5, 5.41) is 4.02.